The molecule has 2 nitrogen and oxygen atoms in total. The molecule has 21 heavy (non-hydrogen) atoms. The van der Waals surface area contributed by atoms with Crippen molar-refractivity contribution in [2.45, 2.75) is 50.9 Å². The van der Waals surface area contributed by atoms with Gasteiger partial charge in [-0.2, -0.15) is 0 Å². The summed E-state index contributed by atoms with van der Waals surface area (Å²) >= 11 is 0. The average molecular weight is 279 g/mol. The van der Waals surface area contributed by atoms with Crippen LogP contribution >= 0.6 is 0 Å². The zero-order chi connectivity index (χ0) is 14.2. The molecular formula is C19H21NO. The van der Waals surface area contributed by atoms with E-state index < -0.39 is 0 Å². The normalized spacial score (nSPS) is 28.8. The minimum Gasteiger partial charge on any atom is -0.294 e. The van der Waals surface area contributed by atoms with E-state index in [1.165, 1.54) is 30.5 Å². The Morgan fingerprint density at radius 1 is 0.952 bits per heavy atom. The van der Waals surface area contributed by atoms with Gasteiger partial charge in [-0.25, -0.2) is 0 Å². The minimum atomic E-state index is 0.266. The fourth-order valence-electron chi connectivity index (χ4n) is 4.27. The third kappa shape index (κ3) is 2.17. The molecule has 2 aliphatic carbocycles. The molecule has 2 heteroatoms. The van der Waals surface area contributed by atoms with Gasteiger partial charge < -0.3 is 0 Å². The van der Waals surface area contributed by atoms with Gasteiger partial charge in [-0.05, 0) is 37.7 Å². The lowest BCUT2D eigenvalue weighted by Crippen LogP contribution is -2.34. The maximum Gasteiger partial charge on any atom is 0.161 e. The first-order valence-corrected chi connectivity index (χ1v) is 8.23. The number of aliphatic imine (C=N–C) groups is 1. The molecule has 3 aliphatic rings. The predicted octanol–water partition coefficient (Wildman–Crippen LogP) is 4.42. The van der Waals surface area contributed by atoms with Crippen LogP contribution in [0.5, 0.6) is 0 Å². The van der Waals surface area contributed by atoms with Crippen molar-refractivity contribution in [1.29, 1.82) is 0 Å². The van der Waals surface area contributed by atoms with Crippen molar-refractivity contribution in [1.82, 2.24) is 0 Å². The third-order valence-corrected chi connectivity index (χ3v) is 5.21. The highest BCUT2D eigenvalue weighted by atomic mass is 16.1. The number of rotatable bonds is 1. The molecule has 1 aromatic rings. The van der Waals surface area contributed by atoms with Crippen molar-refractivity contribution in [3.63, 3.8) is 0 Å². The summed E-state index contributed by atoms with van der Waals surface area (Å²) in [5.41, 5.74) is 4.82. The number of hydrogen-bond acceptors (Lipinski definition) is 2. The van der Waals surface area contributed by atoms with Crippen molar-refractivity contribution in [3.8, 4) is 0 Å². The van der Waals surface area contributed by atoms with Gasteiger partial charge >= 0.3 is 0 Å². The highest BCUT2D eigenvalue weighted by molar-refractivity contribution is 6.02. The number of carbonyl (C=O) groups is 1. The molecule has 4 rings (SSSR count). The molecule has 2 atom stereocenters. The topological polar surface area (TPSA) is 29.4 Å². The van der Waals surface area contributed by atoms with Crippen LogP contribution in [0.2, 0.25) is 0 Å². The Hall–Kier alpha value is -1.70. The number of Topliss-reactive ketones (excluding diaryl/α,β-unsaturated/α-hetero) is 1. The Bertz CT molecular complexity index is 626. The molecule has 0 aromatic heterocycles. The van der Waals surface area contributed by atoms with E-state index in [-0.39, 0.29) is 5.92 Å². The van der Waals surface area contributed by atoms with E-state index in [1.54, 1.807) is 0 Å². The lowest BCUT2D eigenvalue weighted by Gasteiger charge is -2.38. The molecule has 1 saturated carbocycles. The fourth-order valence-corrected chi connectivity index (χ4v) is 4.27. The Balaban J connectivity index is 1.86. The molecule has 0 radical (unpaired) electrons. The summed E-state index contributed by atoms with van der Waals surface area (Å²) in [4.78, 5) is 17.5. The van der Waals surface area contributed by atoms with Crippen molar-refractivity contribution >= 4 is 11.5 Å². The second-order valence-corrected chi connectivity index (χ2v) is 6.48. The molecule has 108 valence electrons. The summed E-state index contributed by atoms with van der Waals surface area (Å²) in [6, 6.07) is 10.6. The summed E-state index contributed by atoms with van der Waals surface area (Å²) in [6.07, 6.45) is 7.50. The van der Waals surface area contributed by atoms with Crippen LogP contribution in [0.4, 0.5) is 0 Å². The van der Waals surface area contributed by atoms with Crippen LogP contribution < -0.4 is 0 Å². The van der Waals surface area contributed by atoms with Gasteiger partial charge in [-0.1, -0.05) is 36.8 Å². The van der Waals surface area contributed by atoms with Gasteiger partial charge in [-0.3, -0.25) is 9.79 Å². The lowest BCUT2D eigenvalue weighted by atomic mass is 9.67. The van der Waals surface area contributed by atoms with E-state index in [0.717, 1.165) is 30.5 Å². The second-order valence-electron chi connectivity index (χ2n) is 6.48. The van der Waals surface area contributed by atoms with Crippen LogP contribution in [-0.4, -0.2) is 11.5 Å². The van der Waals surface area contributed by atoms with Crippen LogP contribution in [0.1, 0.15) is 56.4 Å². The number of hydrogen-bond donors (Lipinski definition) is 0. The first-order chi connectivity index (χ1) is 10.3. The number of allylic oxidation sites excluding steroid dienone is 2. The van der Waals surface area contributed by atoms with Gasteiger partial charge in [-0.15, -0.1) is 0 Å². The summed E-state index contributed by atoms with van der Waals surface area (Å²) < 4.78 is 0. The SMILES string of the molecule is O=C1CCCC2=C1C(c1ccccc1)C1CCCCC1=N2. The quantitative estimate of drug-likeness (QED) is 0.748. The lowest BCUT2D eigenvalue weighted by molar-refractivity contribution is -0.116. The monoisotopic (exact) mass is 279 g/mol. The van der Waals surface area contributed by atoms with E-state index in [1.807, 2.05) is 0 Å². The van der Waals surface area contributed by atoms with E-state index in [9.17, 15) is 4.79 Å². The number of fused-ring (bicyclic) bond motifs is 1. The molecule has 0 amide bonds. The molecule has 1 fully saturated rings. The molecule has 2 unspecified atom stereocenters. The summed E-state index contributed by atoms with van der Waals surface area (Å²) in [5.74, 6) is 1.07. The van der Waals surface area contributed by atoms with E-state index in [0.29, 0.717) is 18.1 Å². The number of ketones is 1. The van der Waals surface area contributed by atoms with Crippen LogP contribution in [0.25, 0.3) is 0 Å². The van der Waals surface area contributed by atoms with Gasteiger partial charge in [0.15, 0.2) is 5.78 Å². The van der Waals surface area contributed by atoms with E-state index in [4.69, 9.17) is 4.99 Å². The van der Waals surface area contributed by atoms with Crippen LogP contribution in [-0.2, 0) is 4.79 Å². The highest BCUT2D eigenvalue weighted by Gasteiger charge is 2.40. The minimum absolute atomic E-state index is 0.266. The Kier molecular flexibility index (Phi) is 3.25. The second kappa shape index (κ2) is 5.25. The number of nitrogens with zero attached hydrogens (tertiary/aromatic N) is 1. The van der Waals surface area contributed by atoms with E-state index >= 15 is 0 Å². The number of benzene rings is 1. The van der Waals surface area contributed by atoms with Gasteiger partial charge in [0, 0.05) is 35.2 Å². The molecule has 0 bridgehead atoms. The molecule has 0 saturated heterocycles. The van der Waals surface area contributed by atoms with Gasteiger partial charge in [0.05, 0.1) is 0 Å². The van der Waals surface area contributed by atoms with Gasteiger partial charge in [0.2, 0.25) is 0 Å². The van der Waals surface area contributed by atoms with Crippen LogP contribution in [0, 0.1) is 5.92 Å². The van der Waals surface area contributed by atoms with Gasteiger partial charge in [0.1, 0.15) is 0 Å². The molecule has 1 heterocycles. The van der Waals surface area contributed by atoms with Crippen molar-refractivity contribution in [2.24, 2.45) is 10.9 Å². The van der Waals surface area contributed by atoms with Crippen molar-refractivity contribution < 1.29 is 4.79 Å². The molecule has 1 aromatic carbocycles. The molecule has 0 spiro atoms. The largest absolute Gasteiger partial charge is 0.294 e. The molecule has 1 aliphatic heterocycles. The van der Waals surface area contributed by atoms with Crippen LogP contribution in [0.15, 0.2) is 46.6 Å². The maximum atomic E-state index is 12.6. The first kappa shape index (κ1) is 13.0. The van der Waals surface area contributed by atoms with Crippen LogP contribution in [0.3, 0.4) is 0 Å². The van der Waals surface area contributed by atoms with Gasteiger partial charge in [0.25, 0.3) is 0 Å². The average Bonchev–Trinajstić information content (AvgIpc) is 2.54. The molecule has 0 N–H and O–H groups in total. The Morgan fingerprint density at radius 2 is 1.81 bits per heavy atom. The Labute approximate surface area is 126 Å². The summed E-state index contributed by atoms with van der Waals surface area (Å²) in [6.45, 7) is 0. The number of carbonyl (C=O) groups excluding carboxylic acids is 1. The van der Waals surface area contributed by atoms with E-state index in [2.05, 4.69) is 30.3 Å². The van der Waals surface area contributed by atoms with Crippen molar-refractivity contribution in [3.05, 3.63) is 47.2 Å². The zero-order valence-electron chi connectivity index (χ0n) is 12.3. The maximum absolute atomic E-state index is 12.6. The predicted molar refractivity (Wildman–Crippen MR) is 84.5 cm³/mol. The highest BCUT2D eigenvalue weighted by Crippen LogP contribution is 2.46. The standard InChI is InChI=1S/C19H21NO/c21-17-12-6-11-16-19(17)18(13-7-2-1-3-8-13)14-9-4-5-10-15(14)20-16/h1-3,7-8,14,18H,4-6,9-12H2. The first-order valence-electron chi connectivity index (χ1n) is 8.23. The zero-order valence-corrected chi connectivity index (χ0v) is 12.3. The van der Waals surface area contributed by atoms with Crippen molar-refractivity contribution in [2.75, 3.05) is 0 Å². The fraction of sp³-hybridized carbons (Fsp3) is 0.474. The third-order valence-electron chi connectivity index (χ3n) is 5.21. The smallest absolute Gasteiger partial charge is 0.161 e. The summed E-state index contributed by atoms with van der Waals surface area (Å²) in [7, 11) is 0. The summed E-state index contributed by atoms with van der Waals surface area (Å²) in [5, 5.41) is 0. The Morgan fingerprint density at radius 3 is 2.67 bits per heavy atom. The molecular weight excluding hydrogens is 258 g/mol.